The van der Waals surface area contributed by atoms with Crippen LogP contribution in [0.25, 0.3) is 10.9 Å². The maximum atomic E-state index is 9.57. The predicted octanol–water partition coefficient (Wildman–Crippen LogP) is 2.88. The maximum absolute atomic E-state index is 9.57. The molecule has 4 nitrogen and oxygen atoms in total. The van der Waals surface area contributed by atoms with Crippen LogP contribution in [-0.4, -0.2) is 15.1 Å². The number of aromatic nitrogens is 2. The molecular weight excluding hydrogens is 258 g/mol. The smallest absolute Gasteiger partial charge is 0.116 e. The van der Waals surface area contributed by atoms with E-state index < -0.39 is 0 Å². The van der Waals surface area contributed by atoms with Crippen molar-refractivity contribution in [2.45, 2.75) is 19.4 Å². The van der Waals surface area contributed by atoms with Gasteiger partial charge >= 0.3 is 0 Å². The van der Waals surface area contributed by atoms with Crippen molar-refractivity contribution in [2.75, 3.05) is 0 Å². The summed E-state index contributed by atoms with van der Waals surface area (Å²) in [5, 5.41) is 13.6. The number of benzene rings is 1. The van der Waals surface area contributed by atoms with Crippen LogP contribution in [0.4, 0.5) is 0 Å². The van der Waals surface area contributed by atoms with Crippen LogP contribution in [0.5, 0.6) is 5.75 Å². The zero-order valence-electron chi connectivity index (χ0n) is 10.6. The van der Waals surface area contributed by atoms with Crippen molar-refractivity contribution < 1.29 is 5.11 Å². The second kappa shape index (κ2) is 4.68. The van der Waals surface area contributed by atoms with E-state index in [-0.39, 0.29) is 11.8 Å². The van der Waals surface area contributed by atoms with Gasteiger partial charge in [-0.3, -0.25) is 0 Å². The maximum Gasteiger partial charge on any atom is 0.116 e. The van der Waals surface area contributed by atoms with Crippen LogP contribution in [0.2, 0.25) is 0 Å². The Bertz CT molecular complexity index is 716. The number of rotatable bonds is 3. The van der Waals surface area contributed by atoms with Gasteiger partial charge in [0, 0.05) is 22.5 Å². The number of aryl methyl sites for hydroxylation is 1. The highest BCUT2D eigenvalue weighted by molar-refractivity contribution is 7.09. The largest absolute Gasteiger partial charge is 0.508 e. The first-order valence-electron chi connectivity index (χ1n) is 6.10. The van der Waals surface area contributed by atoms with Crippen molar-refractivity contribution in [3.8, 4) is 5.75 Å². The Labute approximate surface area is 114 Å². The molecule has 0 radical (unpaired) electrons. The highest BCUT2D eigenvalue weighted by Gasteiger charge is 2.13. The highest BCUT2D eigenvalue weighted by Crippen LogP contribution is 2.26. The summed E-state index contributed by atoms with van der Waals surface area (Å²) in [5.41, 5.74) is 9.23. The van der Waals surface area contributed by atoms with E-state index in [9.17, 15) is 5.11 Å². The monoisotopic (exact) mass is 273 g/mol. The lowest BCUT2D eigenvalue weighted by molar-refractivity contribution is 0.476. The fourth-order valence-electron chi connectivity index (χ4n) is 2.23. The van der Waals surface area contributed by atoms with E-state index in [1.54, 1.807) is 23.5 Å². The van der Waals surface area contributed by atoms with Gasteiger partial charge in [0.05, 0.1) is 16.7 Å². The van der Waals surface area contributed by atoms with Crippen LogP contribution in [0, 0.1) is 6.92 Å². The Morgan fingerprint density at radius 1 is 1.47 bits per heavy atom. The molecule has 5 heteroatoms. The molecule has 4 N–H and O–H groups in total. The summed E-state index contributed by atoms with van der Waals surface area (Å²) in [7, 11) is 0. The summed E-state index contributed by atoms with van der Waals surface area (Å²) in [6.45, 7) is 1.98. The number of aromatic hydroxyl groups is 1. The molecule has 0 unspecified atom stereocenters. The van der Waals surface area contributed by atoms with Gasteiger partial charge < -0.3 is 15.8 Å². The summed E-state index contributed by atoms with van der Waals surface area (Å²) >= 11 is 1.61. The molecule has 0 amide bonds. The number of thiazole rings is 1. The molecule has 1 aromatic carbocycles. The van der Waals surface area contributed by atoms with Crippen molar-refractivity contribution in [2.24, 2.45) is 5.73 Å². The second-order valence-electron chi connectivity index (χ2n) is 4.65. The van der Waals surface area contributed by atoms with Gasteiger partial charge in [0.15, 0.2) is 0 Å². The minimum atomic E-state index is -0.119. The van der Waals surface area contributed by atoms with E-state index in [1.807, 2.05) is 24.6 Å². The minimum absolute atomic E-state index is 0.119. The Morgan fingerprint density at radius 3 is 3.05 bits per heavy atom. The normalized spacial score (nSPS) is 12.9. The molecule has 3 aromatic rings. The van der Waals surface area contributed by atoms with E-state index in [0.717, 1.165) is 27.2 Å². The first-order chi connectivity index (χ1) is 9.13. The average Bonchev–Trinajstić information content (AvgIpc) is 2.97. The Hall–Kier alpha value is -1.85. The number of nitrogens with zero attached hydrogens (tertiary/aromatic N) is 1. The lowest BCUT2D eigenvalue weighted by Gasteiger charge is -2.08. The van der Waals surface area contributed by atoms with E-state index in [1.165, 1.54) is 0 Å². The highest BCUT2D eigenvalue weighted by atomic mass is 32.1. The lowest BCUT2D eigenvalue weighted by Crippen LogP contribution is -2.13. The molecule has 98 valence electrons. The molecule has 0 aliphatic carbocycles. The number of hydrogen-bond donors (Lipinski definition) is 3. The number of nitrogens with one attached hydrogen (secondary N) is 1. The molecule has 0 aliphatic heterocycles. The summed E-state index contributed by atoms with van der Waals surface area (Å²) in [4.78, 5) is 7.62. The van der Waals surface area contributed by atoms with Crippen molar-refractivity contribution >= 4 is 22.2 Å². The van der Waals surface area contributed by atoms with Crippen LogP contribution in [0.1, 0.15) is 22.3 Å². The van der Waals surface area contributed by atoms with Gasteiger partial charge in [0.25, 0.3) is 0 Å². The Balaban J connectivity index is 1.91. The minimum Gasteiger partial charge on any atom is -0.508 e. The molecule has 0 bridgehead atoms. The molecule has 1 atom stereocenters. The topological polar surface area (TPSA) is 74.9 Å². The van der Waals surface area contributed by atoms with Crippen LogP contribution in [-0.2, 0) is 6.42 Å². The summed E-state index contributed by atoms with van der Waals surface area (Å²) in [6.07, 6.45) is 2.65. The first kappa shape index (κ1) is 12.2. The molecule has 0 saturated carbocycles. The van der Waals surface area contributed by atoms with Crippen molar-refractivity contribution in [3.05, 3.63) is 46.0 Å². The number of aromatic amines is 1. The third-order valence-electron chi connectivity index (χ3n) is 3.21. The summed E-state index contributed by atoms with van der Waals surface area (Å²) < 4.78 is 0. The quantitative estimate of drug-likeness (QED) is 0.687. The molecule has 0 saturated heterocycles. The van der Waals surface area contributed by atoms with Gasteiger partial charge in [-0.25, -0.2) is 4.98 Å². The van der Waals surface area contributed by atoms with Crippen molar-refractivity contribution in [1.82, 2.24) is 9.97 Å². The van der Waals surface area contributed by atoms with Gasteiger partial charge in [-0.05, 0) is 37.1 Å². The summed E-state index contributed by atoms with van der Waals surface area (Å²) in [5.74, 6) is 0.270. The standard InChI is InChI=1S/C14H15N3OS/c1-8-17-14(7-19-8)12(15)4-9-6-16-13-3-2-10(18)5-11(9)13/h2-3,5-7,12,16,18H,4,15H2,1H3/t12-/m0/s1. The lowest BCUT2D eigenvalue weighted by atomic mass is 10.0. The van der Waals surface area contributed by atoms with Gasteiger partial charge in [-0.15, -0.1) is 11.3 Å². The van der Waals surface area contributed by atoms with E-state index >= 15 is 0 Å². The van der Waals surface area contributed by atoms with E-state index in [0.29, 0.717) is 6.42 Å². The number of nitrogens with two attached hydrogens (primary N) is 1. The number of hydrogen-bond acceptors (Lipinski definition) is 4. The molecule has 2 aromatic heterocycles. The fraction of sp³-hybridized carbons (Fsp3) is 0.214. The molecule has 0 aliphatic rings. The molecule has 0 fully saturated rings. The number of phenolic OH excluding ortho intramolecular Hbond substituents is 1. The molecular formula is C14H15N3OS. The predicted molar refractivity (Wildman–Crippen MR) is 77.4 cm³/mol. The van der Waals surface area contributed by atoms with E-state index in [2.05, 4.69) is 9.97 Å². The van der Waals surface area contributed by atoms with Crippen LogP contribution in [0.15, 0.2) is 29.8 Å². The molecule has 2 heterocycles. The number of H-pyrrole nitrogens is 1. The average molecular weight is 273 g/mol. The first-order valence-corrected chi connectivity index (χ1v) is 6.98. The zero-order chi connectivity index (χ0) is 13.4. The van der Waals surface area contributed by atoms with Crippen molar-refractivity contribution in [1.29, 1.82) is 0 Å². The summed E-state index contributed by atoms with van der Waals surface area (Å²) in [6, 6.07) is 5.19. The third-order valence-corrected chi connectivity index (χ3v) is 4.00. The molecule has 3 rings (SSSR count). The van der Waals surface area contributed by atoms with Crippen LogP contribution >= 0.6 is 11.3 Å². The van der Waals surface area contributed by atoms with Gasteiger partial charge in [-0.2, -0.15) is 0 Å². The van der Waals surface area contributed by atoms with Crippen molar-refractivity contribution in [3.63, 3.8) is 0 Å². The van der Waals surface area contributed by atoms with Crippen LogP contribution < -0.4 is 5.73 Å². The van der Waals surface area contributed by atoms with Crippen LogP contribution in [0.3, 0.4) is 0 Å². The molecule has 19 heavy (non-hydrogen) atoms. The van der Waals surface area contributed by atoms with Gasteiger partial charge in [-0.1, -0.05) is 0 Å². The Kier molecular flexibility index (Phi) is 3.00. The van der Waals surface area contributed by atoms with E-state index in [4.69, 9.17) is 5.73 Å². The number of phenols is 1. The fourth-order valence-corrected chi connectivity index (χ4v) is 2.90. The van der Waals surface area contributed by atoms with Gasteiger partial charge in [0.2, 0.25) is 0 Å². The second-order valence-corrected chi connectivity index (χ2v) is 5.71. The number of fused-ring (bicyclic) bond motifs is 1. The zero-order valence-corrected chi connectivity index (χ0v) is 11.4. The SMILES string of the molecule is Cc1nc([C@@H](N)Cc2c[nH]c3ccc(O)cc23)cs1. The van der Waals surface area contributed by atoms with Gasteiger partial charge in [0.1, 0.15) is 5.75 Å². The molecule has 0 spiro atoms. The Morgan fingerprint density at radius 2 is 2.32 bits per heavy atom. The third kappa shape index (κ3) is 2.34.